The van der Waals surface area contributed by atoms with Crippen LogP contribution < -0.4 is 0 Å². The van der Waals surface area contributed by atoms with Crippen molar-refractivity contribution in [2.45, 2.75) is 45.2 Å². The van der Waals surface area contributed by atoms with Crippen LogP contribution >= 0.6 is 0 Å². The molecule has 0 unspecified atom stereocenters. The highest BCUT2D eigenvalue weighted by atomic mass is 16.5. The molecule has 0 N–H and O–H groups in total. The fourth-order valence-corrected chi connectivity index (χ4v) is 3.12. The minimum atomic E-state index is -0.0663. The van der Waals surface area contributed by atoms with Gasteiger partial charge in [0.2, 0.25) is 0 Å². The van der Waals surface area contributed by atoms with Gasteiger partial charge < -0.3 is 9.42 Å². The zero-order chi connectivity index (χ0) is 19.0. The molecule has 0 atom stereocenters. The molecule has 4 rings (SSSR count). The third-order valence-electron chi connectivity index (χ3n) is 4.73. The molecule has 1 aliphatic carbocycles. The van der Waals surface area contributed by atoms with Crippen molar-refractivity contribution in [1.29, 1.82) is 0 Å². The number of rotatable bonds is 6. The Morgan fingerprint density at radius 3 is 2.89 bits per heavy atom. The first-order valence-electron chi connectivity index (χ1n) is 9.24. The van der Waals surface area contributed by atoms with Crippen molar-refractivity contribution in [3.8, 4) is 11.4 Å². The summed E-state index contributed by atoms with van der Waals surface area (Å²) < 4.78 is 7.22. The van der Waals surface area contributed by atoms with Crippen LogP contribution in [-0.4, -0.2) is 37.8 Å². The normalized spacial score (nSPS) is 13.9. The molecule has 0 bridgehead atoms. The third kappa shape index (κ3) is 3.63. The summed E-state index contributed by atoms with van der Waals surface area (Å²) in [4.78, 5) is 18.9. The maximum absolute atomic E-state index is 12.9. The van der Waals surface area contributed by atoms with E-state index >= 15 is 0 Å². The van der Waals surface area contributed by atoms with E-state index in [2.05, 4.69) is 29.1 Å². The number of carbonyl (C=O) groups is 1. The number of carbonyl (C=O) groups excluding carboxylic acids is 1. The average molecular weight is 365 g/mol. The SMILES string of the molecule is CC(C)n1ncnc1-c1cccc(C(=O)N(C)Cc2cc(C3CC3)on2)c1. The lowest BCUT2D eigenvalue weighted by atomic mass is 10.1. The van der Waals surface area contributed by atoms with Crippen molar-refractivity contribution in [3.05, 3.63) is 53.7 Å². The Morgan fingerprint density at radius 1 is 1.33 bits per heavy atom. The van der Waals surface area contributed by atoms with E-state index in [1.54, 1.807) is 11.9 Å². The van der Waals surface area contributed by atoms with Gasteiger partial charge in [-0.15, -0.1) is 0 Å². The van der Waals surface area contributed by atoms with Crippen LogP contribution in [0, 0.1) is 0 Å². The van der Waals surface area contributed by atoms with Crippen molar-refractivity contribution in [2.24, 2.45) is 0 Å². The molecule has 2 heterocycles. The average Bonchev–Trinajstić information content (AvgIpc) is 3.20. The van der Waals surface area contributed by atoms with E-state index in [0.717, 1.165) is 35.7 Å². The van der Waals surface area contributed by atoms with E-state index in [4.69, 9.17) is 4.52 Å². The van der Waals surface area contributed by atoms with Crippen LogP contribution in [-0.2, 0) is 6.54 Å². The summed E-state index contributed by atoms with van der Waals surface area (Å²) in [6.07, 6.45) is 3.87. The summed E-state index contributed by atoms with van der Waals surface area (Å²) in [5.74, 6) is 2.14. The van der Waals surface area contributed by atoms with E-state index in [1.807, 2.05) is 35.0 Å². The second kappa shape index (κ2) is 6.98. The first-order valence-corrected chi connectivity index (χ1v) is 9.24. The number of amides is 1. The minimum absolute atomic E-state index is 0.0663. The van der Waals surface area contributed by atoms with Crippen LogP contribution in [0.3, 0.4) is 0 Å². The maximum Gasteiger partial charge on any atom is 0.253 e. The first-order chi connectivity index (χ1) is 13.0. The van der Waals surface area contributed by atoms with Gasteiger partial charge in [0.15, 0.2) is 5.82 Å². The number of nitrogens with zero attached hydrogens (tertiary/aromatic N) is 5. The molecule has 7 nitrogen and oxygen atoms in total. The van der Waals surface area contributed by atoms with Crippen LogP contribution in [0.1, 0.15) is 60.5 Å². The molecule has 0 radical (unpaired) electrons. The Kier molecular flexibility index (Phi) is 4.51. The van der Waals surface area contributed by atoms with Gasteiger partial charge in [-0.2, -0.15) is 5.10 Å². The van der Waals surface area contributed by atoms with E-state index in [0.29, 0.717) is 18.0 Å². The zero-order valence-corrected chi connectivity index (χ0v) is 15.8. The van der Waals surface area contributed by atoms with E-state index in [1.165, 1.54) is 6.33 Å². The first kappa shape index (κ1) is 17.5. The van der Waals surface area contributed by atoms with Gasteiger partial charge in [-0.25, -0.2) is 9.67 Å². The zero-order valence-electron chi connectivity index (χ0n) is 15.8. The molecule has 0 spiro atoms. The topological polar surface area (TPSA) is 77.0 Å². The fourth-order valence-electron chi connectivity index (χ4n) is 3.12. The number of aromatic nitrogens is 4. The quantitative estimate of drug-likeness (QED) is 0.666. The summed E-state index contributed by atoms with van der Waals surface area (Å²) >= 11 is 0. The molecular formula is C20H23N5O2. The van der Waals surface area contributed by atoms with Crippen molar-refractivity contribution in [2.75, 3.05) is 7.05 Å². The van der Waals surface area contributed by atoms with Crippen LogP contribution in [0.15, 0.2) is 41.2 Å². The highest BCUT2D eigenvalue weighted by molar-refractivity contribution is 5.95. The highest BCUT2D eigenvalue weighted by Crippen LogP contribution is 2.40. The van der Waals surface area contributed by atoms with Gasteiger partial charge in [0.05, 0.1) is 6.54 Å². The lowest BCUT2D eigenvalue weighted by Gasteiger charge is -2.16. The second-order valence-electron chi connectivity index (χ2n) is 7.36. The monoisotopic (exact) mass is 365 g/mol. The maximum atomic E-state index is 12.9. The molecule has 3 aromatic rings. The molecule has 1 aliphatic rings. The van der Waals surface area contributed by atoms with Gasteiger partial charge in [0, 0.05) is 36.2 Å². The largest absolute Gasteiger partial charge is 0.361 e. The van der Waals surface area contributed by atoms with Gasteiger partial charge in [-0.05, 0) is 38.8 Å². The lowest BCUT2D eigenvalue weighted by molar-refractivity contribution is 0.0782. The molecule has 1 aromatic carbocycles. The Morgan fingerprint density at radius 2 is 2.15 bits per heavy atom. The molecule has 0 saturated heterocycles. The number of hydrogen-bond donors (Lipinski definition) is 0. The van der Waals surface area contributed by atoms with E-state index in [9.17, 15) is 4.79 Å². The predicted octanol–water partition coefficient (Wildman–Crippen LogP) is 3.66. The summed E-state index contributed by atoms with van der Waals surface area (Å²) in [5.41, 5.74) is 2.26. The van der Waals surface area contributed by atoms with Crippen molar-refractivity contribution in [1.82, 2.24) is 24.8 Å². The van der Waals surface area contributed by atoms with Gasteiger partial charge >= 0.3 is 0 Å². The van der Waals surface area contributed by atoms with Gasteiger partial charge in [0.1, 0.15) is 17.8 Å². The van der Waals surface area contributed by atoms with E-state index < -0.39 is 0 Å². The van der Waals surface area contributed by atoms with E-state index in [-0.39, 0.29) is 11.9 Å². The summed E-state index contributed by atoms with van der Waals surface area (Å²) in [5, 5.41) is 8.36. The molecule has 27 heavy (non-hydrogen) atoms. The van der Waals surface area contributed by atoms with Crippen LogP contribution in [0.2, 0.25) is 0 Å². The Balaban J connectivity index is 1.51. The molecule has 7 heteroatoms. The Hall–Kier alpha value is -2.96. The standard InChI is InChI=1S/C20H23N5O2/c1-13(2)25-19(21-12-22-25)15-5-4-6-16(9-15)20(26)24(3)11-17-10-18(27-23-17)14-7-8-14/h4-6,9-10,12-14H,7-8,11H2,1-3H3. The van der Waals surface area contributed by atoms with Crippen LogP contribution in [0.25, 0.3) is 11.4 Å². The van der Waals surface area contributed by atoms with Gasteiger partial charge in [0.25, 0.3) is 5.91 Å². The summed E-state index contributed by atoms with van der Waals surface area (Å²) in [7, 11) is 1.77. The summed E-state index contributed by atoms with van der Waals surface area (Å²) in [6, 6.07) is 9.65. The van der Waals surface area contributed by atoms with Crippen LogP contribution in [0.4, 0.5) is 0 Å². The number of benzene rings is 1. The Bertz CT molecular complexity index is 955. The molecule has 140 valence electrons. The molecule has 0 aliphatic heterocycles. The number of hydrogen-bond acceptors (Lipinski definition) is 5. The molecule has 2 aromatic heterocycles. The fraction of sp³-hybridized carbons (Fsp3) is 0.400. The summed E-state index contributed by atoms with van der Waals surface area (Å²) in [6.45, 7) is 4.52. The van der Waals surface area contributed by atoms with Gasteiger partial charge in [-0.3, -0.25) is 4.79 Å². The lowest BCUT2D eigenvalue weighted by Crippen LogP contribution is -2.26. The molecule has 1 fully saturated rings. The molecule has 1 saturated carbocycles. The smallest absolute Gasteiger partial charge is 0.253 e. The van der Waals surface area contributed by atoms with Crippen molar-refractivity contribution in [3.63, 3.8) is 0 Å². The molecular weight excluding hydrogens is 342 g/mol. The highest BCUT2D eigenvalue weighted by Gasteiger charge is 2.28. The predicted molar refractivity (Wildman–Crippen MR) is 100 cm³/mol. The van der Waals surface area contributed by atoms with Crippen molar-refractivity contribution >= 4 is 5.91 Å². The van der Waals surface area contributed by atoms with Crippen molar-refractivity contribution < 1.29 is 9.32 Å². The molecule has 1 amide bonds. The van der Waals surface area contributed by atoms with Gasteiger partial charge in [-0.1, -0.05) is 17.3 Å². The van der Waals surface area contributed by atoms with Crippen LogP contribution in [0.5, 0.6) is 0 Å². The second-order valence-corrected chi connectivity index (χ2v) is 7.36. The minimum Gasteiger partial charge on any atom is -0.361 e. The third-order valence-corrected chi connectivity index (χ3v) is 4.73. The Labute approximate surface area is 158 Å².